The molecule has 1 aliphatic heterocycles. The third-order valence-corrected chi connectivity index (χ3v) is 3.84. The molecule has 0 amide bonds. The highest BCUT2D eigenvalue weighted by Gasteiger charge is 2.18. The molecule has 104 valence electrons. The molecule has 0 aliphatic carbocycles. The van der Waals surface area contributed by atoms with E-state index < -0.39 is 0 Å². The van der Waals surface area contributed by atoms with Gasteiger partial charge in [0.15, 0.2) is 0 Å². The van der Waals surface area contributed by atoms with Crippen molar-refractivity contribution >= 4 is 5.69 Å². The standard InChI is InChI=1S/C16H18N2O2/c17-15-3-1-2-11-9-18(7-6-14(11)15)10-12-4-5-13(19)8-16(12)20/h1-5,8,19-20H,6-7,9-10,17H2. The molecule has 1 heterocycles. The molecule has 3 rings (SSSR count). The molecule has 0 atom stereocenters. The Labute approximate surface area is 118 Å². The van der Waals surface area contributed by atoms with Crippen molar-refractivity contribution in [1.29, 1.82) is 0 Å². The Morgan fingerprint density at radius 1 is 1.15 bits per heavy atom. The maximum atomic E-state index is 9.85. The first-order chi connectivity index (χ1) is 9.63. The van der Waals surface area contributed by atoms with Crippen molar-refractivity contribution in [3.63, 3.8) is 0 Å². The number of phenols is 2. The van der Waals surface area contributed by atoms with E-state index in [9.17, 15) is 10.2 Å². The van der Waals surface area contributed by atoms with Crippen LogP contribution < -0.4 is 5.73 Å². The van der Waals surface area contributed by atoms with Crippen LogP contribution in [0.1, 0.15) is 16.7 Å². The minimum Gasteiger partial charge on any atom is -0.508 e. The van der Waals surface area contributed by atoms with Crippen LogP contribution in [0.4, 0.5) is 5.69 Å². The molecule has 0 unspecified atom stereocenters. The summed E-state index contributed by atoms with van der Waals surface area (Å²) in [5, 5.41) is 19.2. The topological polar surface area (TPSA) is 69.7 Å². The van der Waals surface area contributed by atoms with E-state index in [1.165, 1.54) is 17.2 Å². The fourth-order valence-corrected chi connectivity index (χ4v) is 2.76. The van der Waals surface area contributed by atoms with Crippen molar-refractivity contribution in [2.45, 2.75) is 19.5 Å². The molecule has 0 radical (unpaired) electrons. The van der Waals surface area contributed by atoms with Crippen LogP contribution in [0, 0.1) is 0 Å². The van der Waals surface area contributed by atoms with Gasteiger partial charge in [0.2, 0.25) is 0 Å². The maximum Gasteiger partial charge on any atom is 0.123 e. The van der Waals surface area contributed by atoms with Gasteiger partial charge in [-0.05, 0) is 29.7 Å². The van der Waals surface area contributed by atoms with Gasteiger partial charge in [-0.3, -0.25) is 4.90 Å². The molecule has 0 bridgehead atoms. The molecule has 1 aliphatic rings. The first-order valence-corrected chi connectivity index (χ1v) is 6.73. The predicted molar refractivity (Wildman–Crippen MR) is 78.4 cm³/mol. The van der Waals surface area contributed by atoms with Gasteiger partial charge in [-0.25, -0.2) is 0 Å². The number of nitrogen functional groups attached to an aromatic ring is 1. The molecule has 4 heteroatoms. The van der Waals surface area contributed by atoms with Crippen molar-refractivity contribution in [3.8, 4) is 11.5 Å². The van der Waals surface area contributed by atoms with E-state index in [2.05, 4.69) is 11.0 Å². The first kappa shape index (κ1) is 12.8. The Kier molecular flexibility index (Phi) is 3.24. The van der Waals surface area contributed by atoms with Gasteiger partial charge < -0.3 is 15.9 Å². The highest BCUT2D eigenvalue weighted by molar-refractivity contribution is 5.52. The monoisotopic (exact) mass is 270 g/mol. The Hall–Kier alpha value is -2.20. The Bertz CT molecular complexity index is 640. The van der Waals surface area contributed by atoms with E-state index in [0.717, 1.165) is 30.8 Å². The number of nitrogens with two attached hydrogens (primary N) is 1. The average Bonchev–Trinajstić information content (AvgIpc) is 2.42. The Balaban J connectivity index is 1.77. The van der Waals surface area contributed by atoms with Crippen molar-refractivity contribution < 1.29 is 10.2 Å². The first-order valence-electron chi connectivity index (χ1n) is 6.73. The number of aromatic hydroxyl groups is 2. The summed E-state index contributed by atoms with van der Waals surface area (Å²) in [6.07, 6.45) is 0.931. The van der Waals surface area contributed by atoms with E-state index in [0.29, 0.717) is 6.54 Å². The molecule has 0 saturated carbocycles. The number of rotatable bonds is 2. The fourth-order valence-electron chi connectivity index (χ4n) is 2.76. The fraction of sp³-hybridized carbons (Fsp3) is 0.250. The van der Waals surface area contributed by atoms with E-state index in [-0.39, 0.29) is 11.5 Å². The summed E-state index contributed by atoms with van der Waals surface area (Å²) in [6.45, 7) is 2.42. The lowest BCUT2D eigenvalue weighted by atomic mass is 9.97. The average molecular weight is 270 g/mol. The van der Waals surface area contributed by atoms with Gasteiger partial charge in [-0.15, -0.1) is 0 Å². The third-order valence-electron chi connectivity index (χ3n) is 3.84. The molecule has 2 aromatic rings. The zero-order chi connectivity index (χ0) is 14.1. The van der Waals surface area contributed by atoms with Gasteiger partial charge in [0, 0.05) is 37.0 Å². The summed E-state index contributed by atoms with van der Waals surface area (Å²) in [5.41, 5.74) is 10.2. The second kappa shape index (κ2) is 5.06. The van der Waals surface area contributed by atoms with Gasteiger partial charge in [-0.2, -0.15) is 0 Å². The Morgan fingerprint density at radius 3 is 2.80 bits per heavy atom. The quantitative estimate of drug-likeness (QED) is 0.732. The number of fused-ring (bicyclic) bond motifs is 1. The number of hydrogen-bond acceptors (Lipinski definition) is 4. The van der Waals surface area contributed by atoms with Gasteiger partial charge >= 0.3 is 0 Å². The van der Waals surface area contributed by atoms with E-state index >= 15 is 0 Å². The summed E-state index contributed by atoms with van der Waals surface area (Å²) >= 11 is 0. The maximum absolute atomic E-state index is 9.85. The molecule has 0 saturated heterocycles. The molecule has 0 fully saturated rings. The van der Waals surface area contributed by atoms with Crippen molar-refractivity contribution in [1.82, 2.24) is 4.90 Å². The van der Waals surface area contributed by atoms with Gasteiger partial charge in [-0.1, -0.05) is 18.2 Å². The summed E-state index contributed by atoms with van der Waals surface area (Å²) in [6, 6.07) is 10.8. The number of anilines is 1. The van der Waals surface area contributed by atoms with Crippen molar-refractivity contribution in [3.05, 3.63) is 53.1 Å². The summed E-state index contributed by atoms with van der Waals surface area (Å²) in [7, 11) is 0. The van der Waals surface area contributed by atoms with Gasteiger partial charge in [0.1, 0.15) is 11.5 Å². The number of hydrogen-bond donors (Lipinski definition) is 3. The number of nitrogens with zero attached hydrogens (tertiary/aromatic N) is 1. The SMILES string of the molecule is Nc1cccc2c1CCN(Cc1ccc(O)cc1O)C2. The summed E-state index contributed by atoms with van der Waals surface area (Å²) in [4.78, 5) is 2.27. The van der Waals surface area contributed by atoms with Crippen LogP contribution in [0.3, 0.4) is 0 Å². The summed E-state index contributed by atoms with van der Waals surface area (Å²) in [5.74, 6) is 0.228. The molecule has 20 heavy (non-hydrogen) atoms. The zero-order valence-corrected chi connectivity index (χ0v) is 11.2. The van der Waals surface area contributed by atoms with Crippen LogP contribution in [0.2, 0.25) is 0 Å². The van der Waals surface area contributed by atoms with E-state index in [4.69, 9.17) is 5.73 Å². The molecular formula is C16H18N2O2. The van der Waals surface area contributed by atoms with Gasteiger partial charge in [0.05, 0.1) is 0 Å². The molecular weight excluding hydrogens is 252 g/mol. The molecule has 2 aromatic carbocycles. The minimum atomic E-state index is 0.0861. The number of benzene rings is 2. The second-order valence-electron chi connectivity index (χ2n) is 5.26. The zero-order valence-electron chi connectivity index (χ0n) is 11.2. The second-order valence-corrected chi connectivity index (χ2v) is 5.26. The number of phenolic OH excluding ortho intramolecular Hbond substituents is 2. The predicted octanol–water partition coefficient (Wildman–Crippen LogP) is 2.24. The van der Waals surface area contributed by atoms with Crippen LogP contribution in [-0.2, 0) is 19.5 Å². The Morgan fingerprint density at radius 2 is 2.00 bits per heavy atom. The van der Waals surface area contributed by atoms with Crippen LogP contribution in [0.15, 0.2) is 36.4 Å². The summed E-state index contributed by atoms with van der Waals surface area (Å²) < 4.78 is 0. The lowest BCUT2D eigenvalue weighted by molar-refractivity contribution is 0.242. The lowest BCUT2D eigenvalue weighted by Crippen LogP contribution is -2.30. The lowest BCUT2D eigenvalue weighted by Gasteiger charge is -2.29. The van der Waals surface area contributed by atoms with Crippen molar-refractivity contribution in [2.24, 2.45) is 0 Å². The van der Waals surface area contributed by atoms with Gasteiger partial charge in [0.25, 0.3) is 0 Å². The third kappa shape index (κ3) is 2.42. The largest absolute Gasteiger partial charge is 0.508 e. The van der Waals surface area contributed by atoms with E-state index in [1.807, 2.05) is 12.1 Å². The highest BCUT2D eigenvalue weighted by Crippen LogP contribution is 2.28. The minimum absolute atomic E-state index is 0.0861. The highest BCUT2D eigenvalue weighted by atomic mass is 16.3. The molecule has 4 nitrogen and oxygen atoms in total. The molecule has 0 aromatic heterocycles. The van der Waals surface area contributed by atoms with Crippen LogP contribution >= 0.6 is 0 Å². The smallest absolute Gasteiger partial charge is 0.123 e. The van der Waals surface area contributed by atoms with Crippen molar-refractivity contribution in [2.75, 3.05) is 12.3 Å². The van der Waals surface area contributed by atoms with Crippen LogP contribution in [-0.4, -0.2) is 21.7 Å². The van der Waals surface area contributed by atoms with Crippen LogP contribution in [0.5, 0.6) is 11.5 Å². The van der Waals surface area contributed by atoms with Crippen LogP contribution in [0.25, 0.3) is 0 Å². The van der Waals surface area contributed by atoms with E-state index in [1.54, 1.807) is 12.1 Å². The molecule has 4 N–H and O–H groups in total. The normalized spacial score (nSPS) is 15.0. The molecule has 0 spiro atoms.